The minimum absolute atomic E-state index is 0.0125. The van der Waals surface area contributed by atoms with E-state index in [4.69, 9.17) is 11.6 Å². The highest BCUT2D eigenvalue weighted by molar-refractivity contribution is 14.1. The smallest absolute Gasteiger partial charge is 0.252 e. The van der Waals surface area contributed by atoms with Crippen LogP contribution < -0.4 is 5.32 Å². The van der Waals surface area contributed by atoms with Gasteiger partial charge in [0.2, 0.25) is 0 Å². The molecule has 0 bridgehead atoms. The molecule has 106 valence electrons. The molecule has 2 nitrogen and oxygen atoms in total. The lowest BCUT2D eigenvalue weighted by molar-refractivity contribution is 0.0931. The van der Waals surface area contributed by atoms with Gasteiger partial charge >= 0.3 is 0 Å². The molecule has 0 saturated carbocycles. The lowest BCUT2D eigenvalue weighted by Crippen LogP contribution is -2.35. The highest BCUT2D eigenvalue weighted by Crippen LogP contribution is 2.18. The van der Waals surface area contributed by atoms with E-state index in [2.05, 4.69) is 41.8 Å². The monoisotopic (exact) mass is 393 g/mol. The van der Waals surface area contributed by atoms with Crippen LogP contribution in [-0.2, 0) is 0 Å². The minimum Gasteiger partial charge on any atom is -0.349 e. The molecule has 0 aliphatic rings. The molecule has 1 amide bonds. The topological polar surface area (TPSA) is 29.1 Å². The fourth-order valence-electron chi connectivity index (χ4n) is 2.02. The van der Waals surface area contributed by atoms with Crippen molar-refractivity contribution in [3.63, 3.8) is 0 Å². The van der Waals surface area contributed by atoms with E-state index in [1.807, 2.05) is 6.07 Å². The summed E-state index contributed by atoms with van der Waals surface area (Å²) >= 11 is 8.13. The quantitative estimate of drug-likeness (QED) is 0.647. The van der Waals surface area contributed by atoms with Crippen LogP contribution in [0.4, 0.5) is 0 Å². The fraction of sp³-hybridized carbons (Fsp3) is 0.533. The molecule has 4 heteroatoms. The predicted octanol–water partition coefficient (Wildman–Crippen LogP) is 5.03. The molecule has 1 aromatic rings. The van der Waals surface area contributed by atoms with Crippen molar-refractivity contribution in [1.29, 1.82) is 0 Å². The van der Waals surface area contributed by atoms with Crippen LogP contribution in [0.15, 0.2) is 18.2 Å². The third kappa shape index (κ3) is 5.69. The van der Waals surface area contributed by atoms with E-state index < -0.39 is 0 Å². The number of nitrogens with one attached hydrogen (secondary N) is 1. The second-order valence-electron chi connectivity index (χ2n) is 4.73. The third-order valence-corrected chi connectivity index (χ3v) is 4.23. The molecule has 0 radical (unpaired) electrons. The van der Waals surface area contributed by atoms with Crippen molar-refractivity contribution in [2.45, 2.75) is 52.0 Å². The number of unbranched alkanes of at least 4 members (excludes halogenated alkanes) is 1. The Labute approximate surface area is 134 Å². The Morgan fingerprint density at radius 3 is 2.68 bits per heavy atom. The van der Waals surface area contributed by atoms with Gasteiger partial charge in [0, 0.05) is 14.6 Å². The van der Waals surface area contributed by atoms with Gasteiger partial charge in [-0.25, -0.2) is 0 Å². The van der Waals surface area contributed by atoms with Crippen LogP contribution in [0.5, 0.6) is 0 Å². The normalized spacial score (nSPS) is 12.2. The third-order valence-electron chi connectivity index (χ3n) is 3.05. The molecule has 0 heterocycles. The van der Waals surface area contributed by atoms with Crippen molar-refractivity contribution in [3.8, 4) is 0 Å². The average molecular weight is 394 g/mol. The molecule has 1 N–H and O–H groups in total. The largest absolute Gasteiger partial charge is 0.349 e. The number of carbonyl (C=O) groups excluding carboxylic acids is 1. The maximum atomic E-state index is 12.3. The Bertz CT molecular complexity index is 423. The summed E-state index contributed by atoms with van der Waals surface area (Å²) in [4.78, 5) is 12.3. The van der Waals surface area contributed by atoms with Crippen LogP contribution in [0.1, 0.15) is 56.3 Å². The molecule has 0 spiro atoms. The van der Waals surface area contributed by atoms with Gasteiger partial charge in [0.05, 0.1) is 5.56 Å². The first-order chi connectivity index (χ1) is 9.08. The Morgan fingerprint density at radius 2 is 2.05 bits per heavy atom. The molecule has 0 saturated heterocycles. The summed E-state index contributed by atoms with van der Waals surface area (Å²) in [6.07, 6.45) is 5.47. The van der Waals surface area contributed by atoms with E-state index in [0.717, 1.165) is 35.7 Å². The highest BCUT2D eigenvalue weighted by Gasteiger charge is 2.15. The summed E-state index contributed by atoms with van der Waals surface area (Å²) in [5.74, 6) is -0.0125. The molecule has 1 atom stereocenters. The zero-order chi connectivity index (χ0) is 14.3. The van der Waals surface area contributed by atoms with Gasteiger partial charge in [-0.05, 0) is 53.6 Å². The Balaban J connectivity index is 2.72. The zero-order valence-electron chi connectivity index (χ0n) is 11.5. The molecule has 0 aliphatic heterocycles. The van der Waals surface area contributed by atoms with Gasteiger partial charge < -0.3 is 5.32 Å². The van der Waals surface area contributed by atoms with Crippen molar-refractivity contribution in [3.05, 3.63) is 32.4 Å². The molecule has 0 fully saturated rings. The second kappa shape index (κ2) is 8.80. The first-order valence-electron chi connectivity index (χ1n) is 6.84. The molecular weight excluding hydrogens is 373 g/mol. The molecule has 0 aliphatic carbocycles. The Morgan fingerprint density at radius 1 is 1.32 bits per heavy atom. The Kier molecular flexibility index (Phi) is 7.76. The van der Waals surface area contributed by atoms with Crippen LogP contribution >= 0.6 is 34.2 Å². The highest BCUT2D eigenvalue weighted by atomic mass is 127. The number of amides is 1. The van der Waals surface area contributed by atoms with Gasteiger partial charge in [0.15, 0.2) is 0 Å². The van der Waals surface area contributed by atoms with E-state index in [1.54, 1.807) is 12.1 Å². The van der Waals surface area contributed by atoms with Crippen molar-refractivity contribution in [2.75, 3.05) is 0 Å². The predicted molar refractivity (Wildman–Crippen MR) is 89.9 cm³/mol. The summed E-state index contributed by atoms with van der Waals surface area (Å²) < 4.78 is 0.935. The van der Waals surface area contributed by atoms with E-state index in [0.29, 0.717) is 10.6 Å². The SMILES string of the molecule is CCCCC(CCC)NC(=O)c1cc(Cl)ccc1I. The summed E-state index contributed by atoms with van der Waals surface area (Å²) in [5, 5.41) is 3.74. The number of rotatable bonds is 7. The van der Waals surface area contributed by atoms with Crippen LogP contribution in [-0.4, -0.2) is 11.9 Å². The second-order valence-corrected chi connectivity index (χ2v) is 6.32. The number of carbonyl (C=O) groups is 1. The van der Waals surface area contributed by atoms with Crippen LogP contribution in [0, 0.1) is 3.57 Å². The molecule has 0 aromatic heterocycles. The lowest BCUT2D eigenvalue weighted by Gasteiger charge is -2.18. The van der Waals surface area contributed by atoms with Crippen molar-refractivity contribution >= 4 is 40.1 Å². The van der Waals surface area contributed by atoms with E-state index in [1.165, 1.54) is 0 Å². The molecular formula is C15H21ClINO. The number of hydrogen-bond donors (Lipinski definition) is 1. The fourth-order valence-corrected chi connectivity index (χ4v) is 2.77. The molecule has 1 rings (SSSR count). The van der Waals surface area contributed by atoms with Gasteiger partial charge in [0.1, 0.15) is 0 Å². The van der Waals surface area contributed by atoms with Crippen molar-refractivity contribution < 1.29 is 4.79 Å². The van der Waals surface area contributed by atoms with Crippen molar-refractivity contribution in [1.82, 2.24) is 5.32 Å². The van der Waals surface area contributed by atoms with Gasteiger partial charge in [-0.2, -0.15) is 0 Å². The summed E-state index contributed by atoms with van der Waals surface area (Å²) in [5.41, 5.74) is 0.672. The van der Waals surface area contributed by atoms with Crippen LogP contribution in [0.3, 0.4) is 0 Å². The maximum Gasteiger partial charge on any atom is 0.252 e. The summed E-state index contributed by atoms with van der Waals surface area (Å²) in [6.45, 7) is 4.32. The van der Waals surface area contributed by atoms with Gasteiger partial charge in [-0.3, -0.25) is 4.79 Å². The van der Waals surface area contributed by atoms with Crippen LogP contribution in [0.25, 0.3) is 0 Å². The molecule has 19 heavy (non-hydrogen) atoms. The number of halogens is 2. The van der Waals surface area contributed by atoms with E-state index in [9.17, 15) is 4.79 Å². The lowest BCUT2D eigenvalue weighted by atomic mass is 10.0. The van der Waals surface area contributed by atoms with Crippen LogP contribution in [0.2, 0.25) is 5.02 Å². The van der Waals surface area contributed by atoms with E-state index in [-0.39, 0.29) is 11.9 Å². The summed E-state index contributed by atoms with van der Waals surface area (Å²) in [6, 6.07) is 5.69. The number of hydrogen-bond acceptors (Lipinski definition) is 1. The minimum atomic E-state index is -0.0125. The maximum absolute atomic E-state index is 12.3. The van der Waals surface area contributed by atoms with Gasteiger partial charge in [-0.15, -0.1) is 0 Å². The van der Waals surface area contributed by atoms with Gasteiger partial charge in [0.25, 0.3) is 5.91 Å². The molecule has 1 aromatic carbocycles. The number of benzene rings is 1. The Hall–Kier alpha value is -0.290. The molecule has 1 unspecified atom stereocenters. The van der Waals surface area contributed by atoms with E-state index >= 15 is 0 Å². The van der Waals surface area contributed by atoms with Gasteiger partial charge in [-0.1, -0.05) is 44.7 Å². The zero-order valence-corrected chi connectivity index (χ0v) is 14.4. The average Bonchev–Trinajstić information content (AvgIpc) is 2.39. The first kappa shape index (κ1) is 16.8. The standard InChI is InChI=1S/C15H21ClINO/c1-3-5-7-12(6-4-2)18-15(19)13-10-11(16)8-9-14(13)17/h8-10,12H,3-7H2,1-2H3,(H,18,19). The van der Waals surface area contributed by atoms with Crippen molar-refractivity contribution in [2.24, 2.45) is 0 Å². The first-order valence-corrected chi connectivity index (χ1v) is 8.30. The summed E-state index contributed by atoms with van der Waals surface area (Å²) in [7, 11) is 0.